The first-order chi connectivity index (χ1) is 9.73. The van der Waals surface area contributed by atoms with E-state index < -0.39 is 16.9 Å². The Kier molecular flexibility index (Phi) is 5.52. The van der Waals surface area contributed by atoms with Crippen LogP contribution >= 0.6 is 0 Å². The van der Waals surface area contributed by atoms with Crippen LogP contribution in [0.15, 0.2) is 18.2 Å². The number of rotatable bonds is 7. The molecule has 0 aliphatic rings. The van der Waals surface area contributed by atoms with Crippen molar-refractivity contribution in [3.8, 4) is 5.75 Å². The summed E-state index contributed by atoms with van der Waals surface area (Å²) in [5.41, 5.74) is 5.35. The first-order valence-corrected chi connectivity index (χ1v) is 6.74. The minimum Gasteiger partial charge on any atom is -0.484 e. The molecule has 7 nitrogen and oxygen atoms in total. The van der Waals surface area contributed by atoms with Gasteiger partial charge in [0.05, 0.1) is 11.0 Å². The summed E-state index contributed by atoms with van der Waals surface area (Å²) >= 11 is 0. The molecule has 0 saturated heterocycles. The van der Waals surface area contributed by atoms with Crippen molar-refractivity contribution < 1.29 is 14.5 Å². The summed E-state index contributed by atoms with van der Waals surface area (Å²) < 4.78 is 5.45. The SMILES string of the molecule is CC(C)Oc1cccc(NC(C(N)=O)C(C)C)c1[N+](=O)[O-]. The second-order valence-corrected chi connectivity index (χ2v) is 5.34. The van der Waals surface area contributed by atoms with Crippen molar-refractivity contribution in [1.82, 2.24) is 0 Å². The van der Waals surface area contributed by atoms with E-state index in [2.05, 4.69) is 5.32 Å². The number of nitrogens with two attached hydrogens (primary N) is 1. The Morgan fingerprint density at radius 2 is 1.95 bits per heavy atom. The molecular weight excluding hydrogens is 274 g/mol. The van der Waals surface area contributed by atoms with Gasteiger partial charge in [-0.05, 0) is 31.9 Å². The predicted octanol–water partition coefficient (Wildman–Crippen LogP) is 2.30. The third-order valence-electron chi connectivity index (χ3n) is 2.83. The number of nitrogens with zero attached hydrogens (tertiary/aromatic N) is 1. The minimum absolute atomic E-state index is 0.100. The van der Waals surface area contributed by atoms with Crippen LogP contribution in [0.25, 0.3) is 0 Å². The molecule has 0 aliphatic carbocycles. The first kappa shape index (κ1) is 16.7. The molecule has 21 heavy (non-hydrogen) atoms. The summed E-state index contributed by atoms with van der Waals surface area (Å²) in [6.45, 7) is 7.18. The summed E-state index contributed by atoms with van der Waals surface area (Å²) in [5, 5.41) is 14.2. The number of hydrogen-bond acceptors (Lipinski definition) is 5. The lowest BCUT2D eigenvalue weighted by atomic mass is 10.0. The first-order valence-electron chi connectivity index (χ1n) is 6.74. The molecule has 0 bridgehead atoms. The molecule has 3 N–H and O–H groups in total. The van der Waals surface area contributed by atoms with E-state index in [-0.39, 0.29) is 29.1 Å². The van der Waals surface area contributed by atoms with E-state index in [0.29, 0.717) is 0 Å². The smallest absolute Gasteiger partial charge is 0.333 e. The van der Waals surface area contributed by atoms with Gasteiger partial charge < -0.3 is 15.8 Å². The molecule has 0 saturated carbocycles. The van der Waals surface area contributed by atoms with Crippen LogP contribution in [0, 0.1) is 16.0 Å². The van der Waals surface area contributed by atoms with Crippen molar-refractivity contribution in [1.29, 1.82) is 0 Å². The number of carbonyl (C=O) groups is 1. The molecule has 1 unspecified atom stereocenters. The van der Waals surface area contributed by atoms with Gasteiger partial charge in [-0.2, -0.15) is 0 Å². The van der Waals surface area contributed by atoms with Gasteiger partial charge in [0, 0.05) is 0 Å². The van der Waals surface area contributed by atoms with Crippen LogP contribution in [0.1, 0.15) is 27.7 Å². The van der Waals surface area contributed by atoms with Crippen molar-refractivity contribution in [3.05, 3.63) is 28.3 Å². The van der Waals surface area contributed by atoms with Crippen molar-refractivity contribution >= 4 is 17.3 Å². The summed E-state index contributed by atoms with van der Waals surface area (Å²) in [7, 11) is 0. The molecule has 7 heteroatoms. The van der Waals surface area contributed by atoms with Crippen molar-refractivity contribution in [2.24, 2.45) is 11.7 Å². The highest BCUT2D eigenvalue weighted by Gasteiger charge is 2.26. The fourth-order valence-electron chi connectivity index (χ4n) is 1.91. The highest BCUT2D eigenvalue weighted by atomic mass is 16.6. The number of amides is 1. The van der Waals surface area contributed by atoms with Crippen LogP contribution in [0.3, 0.4) is 0 Å². The van der Waals surface area contributed by atoms with Gasteiger partial charge in [0.25, 0.3) is 0 Å². The third kappa shape index (κ3) is 4.34. The zero-order valence-corrected chi connectivity index (χ0v) is 12.6. The van der Waals surface area contributed by atoms with Gasteiger partial charge in [-0.1, -0.05) is 19.9 Å². The number of primary amides is 1. The maximum Gasteiger partial charge on any atom is 0.333 e. The van der Waals surface area contributed by atoms with Crippen LogP contribution in [0.5, 0.6) is 5.75 Å². The molecule has 0 heterocycles. The zero-order valence-electron chi connectivity index (χ0n) is 12.6. The number of nitrogens with one attached hydrogen (secondary N) is 1. The van der Waals surface area contributed by atoms with E-state index in [1.807, 2.05) is 13.8 Å². The lowest BCUT2D eigenvalue weighted by Gasteiger charge is -2.21. The second-order valence-electron chi connectivity index (χ2n) is 5.34. The molecule has 1 amide bonds. The minimum atomic E-state index is -0.696. The van der Waals surface area contributed by atoms with E-state index in [9.17, 15) is 14.9 Å². The lowest BCUT2D eigenvalue weighted by molar-refractivity contribution is -0.385. The number of para-hydroxylation sites is 1. The average Bonchev–Trinajstić information content (AvgIpc) is 2.33. The fourth-order valence-corrected chi connectivity index (χ4v) is 1.91. The van der Waals surface area contributed by atoms with E-state index in [0.717, 1.165) is 0 Å². The van der Waals surface area contributed by atoms with Crippen LogP contribution in [-0.2, 0) is 4.79 Å². The topological polar surface area (TPSA) is 107 Å². The number of benzene rings is 1. The Bertz CT molecular complexity index is 529. The summed E-state index contributed by atoms with van der Waals surface area (Å²) in [6.07, 6.45) is -0.198. The van der Waals surface area contributed by atoms with E-state index in [1.165, 1.54) is 12.1 Å². The van der Waals surface area contributed by atoms with Crippen LogP contribution in [0.2, 0.25) is 0 Å². The monoisotopic (exact) mass is 295 g/mol. The van der Waals surface area contributed by atoms with Gasteiger partial charge in [0.1, 0.15) is 11.7 Å². The molecule has 1 aromatic rings. The average molecular weight is 295 g/mol. The Morgan fingerprint density at radius 1 is 1.33 bits per heavy atom. The van der Waals surface area contributed by atoms with E-state index in [4.69, 9.17) is 10.5 Å². The molecular formula is C14H21N3O4. The molecule has 1 rings (SSSR count). The predicted molar refractivity (Wildman–Crippen MR) is 80.3 cm³/mol. The largest absolute Gasteiger partial charge is 0.484 e. The van der Waals surface area contributed by atoms with Gasteiger partial charge >= 0.3 is 5.69 Å². The summed E-state index contributed by atoms with van der Waals surface area (Å²) in [6, 6.07) is 3.99. The Balaban J connectivity index is 3.23. The summed E-state index contributed by atoms with van der Waals surface area (Å²) in [5.74, 6) is -0.502. The second kappa shape index (κ2) is 6.92. The van der Waals surface area contributed by atoms with Gasteiger partial charge in [-0.15, -0.1) is 0 Å². The zero-order chi connectivity index (χ0) is 16.2. The van der Waals surface area contributed by atoms with Crippen LogP contribution in [0.4, 0.5) is 11.4 Å². The van der Waals surface area contributed by atoms with Gasteiger partial charge in [0.2, 0.25) is 5.91 Å². The standard InChI is InChI=1S/C14H21N3O4/c1-8(2)12(14(15)18)16-10-6-5-7-11(21-9(3)4)13(10)17(19)20/h5-9,12,16H,1-4H3,(H2,15,18). The van der Waals surface area contributed by atoms with E-state index in [1.54, 1.807) is 19.9 Å². The van der Waals surface area contributed by atoms with Crippen molar-refractivity contribution in [2.75, 3.05) is 5.32 Å². The highest BCUT2D eigenvalue weighted by molar-refractivity contribution is 5.84. The highest BCUT2D eigenvalue weighted by Crippen LogP contribution is 2.36. The quantitative estimate of drug-likeness (QED) is 0.592. The number of ether oxygens (including phenoxy) is 1. The Morgan fingerprint density at radius 3 is 2.38 bits per heavy atom. The molecule has 0 aromatic heterocycles. The molecule has 116 valence electrons. The van der Waals surface area contributed by atoms with Gasteiger partial charge in [0.15, 0.2) is 5.75 Å². The fraction of sp³-hybridized carbons (Fsp3) is 0.500. The van der Waals surface area contributed by atoms with Crippen molar-refractivity contribution in [3.63, 3.8) is 0 Å². The van der Waals surface area contributed by atoms with Gasteiger partial charge in [-0.25, -0.2) is 0 Å². The Labute approximate surface area is 123 Å². The number of hydrogen-bond donors (Lipinski definition) is 2. The normalized spacial score (nSPS) is 12.3. The van der Waals surface area contributed by atoms with Crippen molar-refractivity contribution in [2.45, 2.75) is 39.8 Å². The van der Waals surface area contributed by atoms with Crippen LogP contribution < -0.4 is 15.8 Å². The van der Waals surface area contributed by atoms with Gasteiger partial charge in [-0.3, -0.25) is 14.9 Å². The molecule has 0 fully saturated rings. The maximum atomic E-state index is 11.4. The lowest BCUT2D eigenvalue weighted by Crippen LogP contribution is -2.39. The number of anilines is 1. The molecule has 1 aromatic carbocycles. The third-order valence-corrected chi connectivity index (χ3v) is 2.83. The van der Waals surface area contributed by atoms with E-state index >= 15 is 0 Å². The number of nitro benzene ring substituents is 1. The molecule has 0 aliphatic heterocycles. The molecule has 0 spiro atoms. The molecule has 0 radical (unpaired) electrons. The Hall–Kier alpha value is -2.31. The number of nitro groups is 1. The summed E-state index contributed by atoms with van der Waals surface area (Å²) in [4.78, 5) is 22.2. The molecule has 1 atom stereocenters. The number of carbonyl (C=O) groups excluding carboxylic acids is 1. The maximum absolute atomic E-state index is 11.4. The van der Waals surface area contributed by atoms with Crippen LogP contribution in [-0.4, -0.2) is 23.0 Å².